The summed E-state index contributed by atoms with van der Waals surface area (Å²) < 4.78 is 5.02. The summed E-state index contributed by atoms with van der Waals surface area (Å²) in [6, 6.07) is 16.5. The minimum absolute atomic E-state index is 0.0197. The SMILES string of the molecule is CC1=C(C(=O)Nc2ccccc2)[C@H](c2cccnc2)C(C#N)=C(SCC(=O)Nc2cc(C)no2)N1. The minimum atomic E-state index is -0.652. The number of para-hydroxylation sites is 1. The Morgan fingerprint density at radius 3 is 2.63 bits per heavy atom. The number of carbonyl (C=O) groups is 2. The molecule has 2 aromatic heterocycles. The zero-order chi connectivity index (χ0) is 24.8. The number of aromatic nitrogens is 2. The number of hydrogen-bond acceptors (Lipinski definition) is 8. The fourth-order valence-corrected chi connectivity index (χ4v) is 4.55. The van der Waals surface area contributed by atoms with Crippen LogP contribution < -0.4 is 16.0 Å². The van der Waals surface area contributed by atoms with Crippen molar-refractivity contribution in [3.8, 4) is 6.07 Å². The minimum Gasteiger partial charge on any atom is -0.353 e. The second kappa shape index (κ2) is 10.7. The van der Waals surface area contributed by atoms with Crippen LogP contribution in [-0.2, 0) is 9.59 Å². The number of benzene rings is 1. The van der Waals surface area contributed by atoms with E-state index in [1.54, 1.807) is 50.5 Å². The summed E-state index contributed by atoms with van der Waals surface area (Å²) in [6.07, 6.45) is 3.27. The lowest BCUT2D eigenvalue weighted by Crippen LogP contribution is -2.31. The van der Waals surface area contributed by atoms with Crippen molar-refractivity contribution in [3.05, 3.63) is 94.1 Å². The lowest BCUT2D eigenvalue weighted by molar-refractivity contribution is -0.114. The normalized spacial score (nSPS) is 15.3. The molecule has 3 aromatic rings. The van der Waals surface area contributed by atoms with Crippen LogP contribution in [0.25, 0.3) is 0 Å². The van der Waals surface area contributed by atoms with E-state index in [1.165, 1.54) is 11.8 Å². The molecule has 0 unspecified atom stereocenters. The van der Waals surface area contributed by atoms with Gasteiger partial charge in [0.2, 0.25) is 11.8 Å². The number of anilines is 2. The maximum Gasteiger partial charge on any atom is 0.254 e. The Morgan fingerprint density at radius 1 is 1.17 bits per heavy atom. The topological polar surface area (TPSA) is 133 Å². The molecule has 176 valence electrons. The van der Waals surface area contributed by atoms with Crippen molar-refractivity contribution in [2.45, 2.75) is 19.8 Å². The molecule has 0 aliphatic carbocycles. The monoisotopic (exact) mass is 486 g/mol. The zero-order valence-electron chi connectivity index (χ0n) is 19.0. The highest BCUT2D eigenvalue weighted by Crippen LogP contribution is 2.40. The van der Waals surface area contributed by atoms with Crippen LogP contribution in [0.1, 0.15) is 24.1 Å². The summed E-state index contributed by atoms with van der Waals surface area (Å²) in [5, 5.41) is 23.1. The first kappa shape index (κ1) is 23.8. The third-order valence-electron chi connectivity index (χ3n) is 5.18. The molecule has 2 amide bonds. The summed E-state index contributed by atoms with van der Waals surface area (Å²) in [6.45, 7) is 3.53. The molecule has 1 aliphatic heterocycles. The van der Waals surface area contributed by atoms with Crippen LogP contribution in [0.3, 0.4) is 0 Å². The number of nitrogens with one attached hydrogen (secondary N) is 3. The number of aryl methyl sites for hydroxylation is 1. The van der Waals surface area contributed by atoms with Crippen molar-refractivity contribution in [2.75, 3.05) is 16.4 Å². The van der Waals surface area contributed by atoms with Crippen molar-refractivity contribution in [2.24, 2.45) is 0 Å². The Kier molecular flexibility index (Phi) is 7.28. The number of amides is 2. The van der Waals surface area contributed by atoms with Gasteiger partial charge < -0.3 is 15.2 Å². The van der Waals surface area contributed by atoms with Crippen LogP contribution in [0.2, 0.25) is 0 Å². The summed E-state index contributed by atoms with van der Waals surface area (Å²) in [7, 11) is 0. The standard InChI is InChI=1S/C25H22N6O3S/c1-15-11-21(34-31-15)30-20(32)14-35-25-19(12-26)23(17-7-6-10-27-13-17)22(16(2)28-25)24(33)29-18-8-4-3-5-9-18/h3-11,13,23,28H,14H2,1-2H3,(H,29,33)(H,30,32)/t23-/m1/s1. The van der Waals surface area contributed by atoms with Gasteiger partial charge in [0.15, 0.2) is 0 Å². The van der Waals surface area contributed by atoms with Gasteiger partial charge in [0, 0.05) is 35.4 Å². The molecule has 1 atom stereocenters. The highest BCUT2D eigenvalue weighted by atomic mass is 32.2. The molecule has 4 rings (SSSR count). The highest BCUT2D eigenvalue weighted by Gasteiger charge is 2.35. The van der Waals surface area contributed by atoms with Crippen LogP contribution in [0.4, 0.5) is 11.6 Å². The van der Waals surface area contributed by atoms with Gasteiger partial charge in [0.1, 0.15) is 0 Å². The van der Waals surface area contributed by atoms with Crippen molar-refractivity contribution in [1.29, 1.82) is 5.26 Å². The van der Waals surface area contributed by atoms with E-state index in [1.807, 2.05) is 24.3 Å². The van der Waals surface area contributed by atoms with Crippen LogP contribution in [0.5, 0.6) is 0 Å². The first-order valence-electron chi connectivity index (χ1n) is 10.7. The summed E-state index contributed by atoms with van der Waals surface area (Å²) >= 11 is 1.17. The van der Waals surface area contributed by atoms with Gasteiger partial charge in [-0.3, -0.25) is 19.9 Å². The van der Waals surface area contributed by atoms with Crippen molar-refractivity contribution in [3.63, 3.8) is 0 Å². The first-order chi connectivity index (χ1) is 17.0. The van der Waals surface area contributed by atoms with Crippen molar-refractivity contribution < 1.29 is 14.1 Å². The van der Waals surface area contributed by atoms with Crippen molar-refractivity contribution >= 4 is 35.1 Å². The predicted molar refractivity (Wildman–Crippen MR) is 133 cm³/mol. The van der Waals surface area contributed by atoms with Gasteiger partial charge >= 0.3 is 0 Å². The van der Waals surface area contributed by atoms with Crippen LogP contribution in [-0.4, -0.2) is 27.7 Å². The van der Waals surface area contributed by atoms with E-state index >= 15 is 0 Å². The molecule has 0 bridgehead atoms. The summed E-state index contributed by atoms with van der Waals surface area (Å²) in [4.78, 5) is 30.0. The highest BCUT2D eigenvalue weighted by molar-refractivity contribution is 8.03. The van der Waals surface area contributed by atoms with Gasteiger partial charge in [-0.25, -0.2) is 0 Å². The van der Waals surface area contributed by atoms with Gasteiger partial charge in [0.05, 0.1) is 34.0 Å². The second-order valence-electron chi connectivity index (χ2n) is 7.73. The molecular formula is C25H22N6O3S. The Hall–Kier alpha value is -4.36. The Balaban J connectivity index is 1.61. The molecule has 0 saturated heterocycles. The Morgan fingerprint density at radius 2 is 1.97 bits per heavy atom. The molecule has 3 heterocycles. The number of nitriles is 1. The van der Waals surface area contributed by atoms with Gasteiger partial charge in [-0.05, 0) is 37.6 Å². The Bertz CT molecular complexity index is 1340. The number of rotatable bonds is 7. The van der Waals surface area contributed by atoms with Gasteiger partial charge in [-0.1, -0.05) is 41.2 Å². The fourth-order valence-electron chi connectivity index (χ4n) is 3.66. The molecule has 9 nitrogen and oxygen atoms in total. The van der Waals surface area contributed by atoms with E-state index in [2.05, 4.69) is 32.2 Å². The van der Waals surface area contributed by atoms with Crippen LogP contribution >= 0.6 is 11.8 Å². The number of allylic oxidation sites excluding steroid dienone is 2. The smallest absolute Gasteiger partial charge is 0.254 e. The molecule has 35 heavy (non-hydrogen) atoms. The number of hydrogen-bond donors (Lipinski definition) is 3. The average Bonchev–Trinajstić information content (AvgIpc) is 3.27. The summed E-state index contributed by atoms with van der Waals surface area (Å²) in [5.41, 5.74) is 3.31. The number of carbonyl (C=O) groups excluding carboxylic acids is 2. The van der Waals surface area contributed by atoms with E-state index in [-0.39, 0.29) is 23.5 Å². The first-order valence-corrected chi connectivity index (χ1v) is 11.7. The molecule has 0 spiro atoms. The predicted octanol–water partition coefficient (Wildman–Crippen LogP) is 4.08. The number of thioether (sulfide) groups is 1. The molecule has 3 N–H and O–H groups in total. The third kappa shape index (κ3) is 5.59. The summed E-state index contributed by atoms with van der Waals surface area (Å²) in [5.74, 6) is -1.02. The van der Waals surface area contributed by atoms with Crippen LogP contribution in [0.15, 0.2) is 87.3 Å². The second-order valence-corrected chi connectivity index (χ2v) is 8.71. The molecule has 10 heteroatoms. The molecule has 1 aliphatic rings. The van der Waals surface area contributed by atoms with Gasteiger partial charge in [-0.2, -0.15) is 5.26 Å². The largest absolute Gasteiger partial charge is 0.353 e. The van der Waals surface area contributed by atoms with E-state index in [0.29, 0.717) is 38.8 Å². The molecule has 1 aromatic carbocycles. The van der Waals surface area contributed by atoms with Crippen molar-refractivity contribution in [1.82, 2.24) is 15.5 Å². The van der Waals surface area contributed by atoms with E-state index in [0.717, 1.165) is 0 Å². The zero-order valence-corrected chi connectivity index (χ0v) is 19.8. The fraction of sp³-hybridized carbons (Fsp3) is 0.160. The Labute approximate surface area is 206 Å². The van der Waals surface area contributed by atoms with Crippen LogP contribution in [0, 0.1) is 18.3 Å². The molecule has 0 radical (unpaired) electrons. The lowest BCUT2D eigenvalue weighted by atomic mass is 9.83. The van der Waals surface area contributed by atoms with Gasteiger partial charge in [-0.15, -0.1) is 0 Å². The third-order valence-corrected chi connectivity index (χ3v) is 6.20. The number of dihydropyridines is 1. The maximum absolute atomic E-state index is 13.4. The molecular weight excluding hydrogens is 464 g/mol. The quantitative estimate of drug-likeness (QED) is 0.455. The van der Waals surface area contributed by atoms with E-state index in [4.69, 9.17) is 4.52 Å². The number of pyridine rings is 1. The van der Waals surface area contributed by atoms with E-state index < -0.39 is 5.92 Å². The number of nitrogens with zero attached hydrogens (tertiary/aromatic N) is 3. The van der Waals surface area contributed by atoms with E-state index in [9.17, 15) is 14.9 Å². The lowest BCUT2D eigenvalue weighted by Gasteiger charge is -2.29. The van der Waals surface area contributed by atoms with Gasteiger partial charge in [0.25, 0.3) is 5.91 Å². The molecule has 0 fully saturated rings. The molecule has 0 saturated carbocycles. The average molecular weight is 487 g/mol. The maximum atomic E-state index is 13.4.